The topological polar surface area (TPSA) is 41.7 Å². The van der Waals surface area contributed by atoms with Gasteiger partial charge in [0.1, 0.15) is 38.8 Å². The fourth-order valence-corrected chi connectivity index (χ4v) is 5.66. The van der Waals surface area contributed by atoms with Crippen LogP contribution >= 0.6 is 0 Å². The molecule has 174 valence electrons. The molecule has 0 saturated carbocycles. The van der Waals surface area contributed by atoms with Gasteiger partial charge in [0.2, 0.25) is 0 Å². The number of hydrogen-bond acceptors (Lipinski definition) is 1. The fourth-order valence-electron chi connectivity index (χ4n) is 5.66. The summed E-state index contributed by atoms with van der Waals surface area (Å²) in [6.45, 7) is 11.3. The second kappa shape index (κ2) is 9.57. The lowest BCUT2D eigenvalue weighted by molar-refractivity contribution is -1.03. The molecule has 0 atom stereocenters. The van der Waals surface area contributed by atoms with Crippen molar-refractivity contribution in [3.63, 3.8) is 0 Å². The number of quaternary nitrogens is 2. The van der Waals surface area contributed by atoms with E-state index in [1.54, 1.807) is 4.90 Å². The van der Waals surface area contributed by atoms with E-state index in [9.17, 15) is 4.79 Å². The van der Waals surface area contributed by atoms with Gasteiger partial charge in [0.15, 0.2) is 5.43 Å². The number of nitrogens with one attached hydrogen (secondary N) is 3. The molecule has 4 aromatic rings. The Kier molecular flexibility index (Phi) is 6.36. The maximum absolute atomic E-state index is 13.5. The molecule has 0 unspecified atom stereocenters. The van der Waals surface area contributed by atoms with Crippen LogP contribution in [0.3, 0.4) is 0 Å². The zero-order valence-electron chi connectivity index (χ0n) is 20.4. The van der Waals surface area contributed by atoms with Crippen molar-refractivity contribution in [1.82, 2.24) is 4.98 Å². The van der Waals surface area contributed by atoms with Crippen LogP contribution < -0.4 is 15.2 Å². The second-order valence-electron chi connectivity index (χ2n) is 9.85. The van der Waals surface area contributed by atoms with E-state index in [2.05, 4.69) is 91.6 Å². The molecule has 34 heavy (non-hydrogen) atoms. The summed E-state index contributed by atoms with van der Waals surface area (Å²) in [6.07, 6.45) is 0. The van der Waals surface area contributed by atoms with Crippen molar-refractivity contribution in [2.75, 3.05) is 26.2 Å². The number of rotatable bonds is 5. The van der Waals surface area contributed by atoms with Crippen LogP contribution in [0.2, 0.25) is 0 Å². The summed E-state index contributed by atoms with van der Waals surface area (Å²) >= 11 is 0. The number of aromatic amines is 1. The molecule has 2 heterocycles. The zero-order valence-corrected chi connectivity index (χ0v) is 20.4. The summed E-state index contributed by atoms with van der Waals surface area (Å²) in [5, 5.41) is 0.859. The SMILES string of the molecule is Cc1[nH]c2c(C)ccc(C)c2c(=O)c1C[NH+]1CC[NH+](C(c2ccccc2)c2ccccc2)CC1. The molecule has 0 amide bonds. The van der Waals surface area contributed by atoms with Crippen LogP contribution in [0, 0.1) is 20.8 Å². The third-order valence-corrected chi connectivity index (χ3v) is 7.59. The van der Waals surface area contributed by atoms with Crippen LogP contribution in [-0.2, 0) is 6.54 Å². The minimum absolute atomic E-state index is 0.209. The molecule has 3 aromatic carbocycles. The van der Waals surface area contributed by atoms with Crippen LogP contribution in [0.5, 0.6) is 0 Å². The molecule has 4 heteroatoms. The highest BCUT2D eigenvalue weighted by molar-refractivity contribution is 5.85. The number of aromatic nitrogens is 1. The van der Waals surface area contributed by atoms with Gasteiger partial charge in [-0.3, -0.25) is 4.79 Å². The molecule has 1 fully saturated rings. The Morgan fingerprint density at radius 3 is 1.91 bits per heavy atom. The van der Waals surface area contributed by atoms with Crippen molar-refractivity contribution in [1.29, 1.82) is 0 Å². The molecule has 1 aromatic heterocycles. The maximum Gasteiger partial charge on any atom is 0.198 e. The van der Waals surface area contributed by atoms with Crippen LogP contribution in [0.15, 0.2) is 77.6 Å². The van der Waals surface area contributed by atoms with Gasteiger partial charge in [-0.25, -0.2) is 0 Å². The Labute approximate surface area is 201 Å². The molecule has 1 aliphatic heterocycles. The number of fused-ring (bicyclic) bond motifs is 1. The lowest BCUT2D eigenvalue weighted by Gasteiger charge is -2.35. The number of piperazine rings is 1. The highest BCUT2D eigenvalue weighted by Gasteiger charge is 2.32. The van der Waals surface area contributed by atoms with Crippen LogP contribution in [-0.4, -0.2) is 31.2 Å². The quantitative estimate of drug-likeness (QED) is 0.427. The molecule has 5 rings (SSSR count). The molecule has 4 nitrogen and oxygen atoms in total. The van der Waals surface area contributed by atoms with E-state index in [4.69, 9.17) is 0 Å². The first-order valence-electron chi connectivity index (χ1n) is 12.4. The normalized spacial score (nSPS) is 18.5. The molecule has 3 N–H and O–H groups in total. The first-order chi connectivity index (χ1) is 16.5. The van der Waals surface area contributed by atoms with E-state index in [0.717, 1.165) is 66.0 Å². The van der Waals surface area contributed by atoms with E-state index in [-0.39, 0.29) is 5.43 Å². The van der Waals surface area contributed by atoms with E-state index in [0.29, 0.717) is 6.04 Å². The third kappa shape index (κ3) is 4.31. The van der Waals surface area contributed by atoms with Gasteiger partial charge in [-0.05, 0) is 31.9 Å². The monoisotopic (exact) mass is 453 g/mol. The predicted octanol–water partition coefficient (Wildman–Crippen LogP) is 2.53. The Morgan fingerprint density at radius 1 is 0.765 bits per heavy atom. The highest BCUT2D eigenvalue weighted by atomic mass is 16.1. The molecule has 0 bridgehead atoms. The average molecular weight is 454 g/mol. The fraction of sp³-hybridized carbons (Fsp3) is 0.300. The summed E-state index contributed by atoms with van der Waals surface area (Å²) < 4.78 is 0. The summed E-state index contributed by atoms with van der Waals surface area (Å²) in [5.74, 6) is 0. The minimum atomic E-state index is 0.209. The minimum Gasteiger partial charge on any atom is -0.358 e. The molecule has 0 radical (unpaired) electrons. The third-order valence-electron chi connectivity index (χ3n) is 7.59. The van der Waals surface area contributed by atoms with Crippen molar-refractivity contribution in [3.05, 3.63) is 117 Å². The van der Waals surface area contributed by atoms with Crippen molar-refractivity contribution >= 4 is 10.9 Å². The van der Waals surface area contributed by atoms with E-state index in [1.807, 2.05) is 6.92 Å². The van der Waals surface area contributed by atoms with Crippen molar-refractivity contribution in [3.8, 4) is 0 Å². The smallest absolute Gasteiger partial charge is 0.198 e. The van der Waals surface area contributed by atoms with Gasteiger partial charge in [-0.15, -0.1) is 0 Å². The van der Waals surface area contributed by atoms with Gasteiger partial charge in [-0.1, -0.05) is 72.8 Å². The lowest BCUT2D eigenvalue weighted by atomic mass is 9.96. The summed E-state index contributed by atoms with van der Waals surface area (Å²) in [7, 11) is 0. The lowest BCUT2D eigenvalue weighted by Crippen LogP contribution is -3.27. The summed E-state index contributed by atoms with van der Waals surface area (Å²) in [6, 6.07) is 26.3. The van der Waals surface area contributed by atoms with Crippen molar-refractivity contribution in [2.45, 2.75) is 33.4 Å². The van der Waals surface area contributed by atoms with Gasteiger partial charge < -0.3 is 14.8 Å². The van der Waals surface area contributed by atoms with Gasteiger partial charge in [0.25, 0.3) is 0 Å². The zero-order chi connectivity index (χ0) is 23.7. The Morgan fingerprint density at radius 2 is 1.32 bits per heavy atom. The predicted molar refractivity (Wildman–Crippen MR) is 139 cm³/mol. The van der Waals surface area contributed by atoms with E-state index >= 15 is 0 Å². The summed E-state index contributed by atoms with van der Waals surface area (Å²) in [4.78, 5) is 20.2. The van der Waals surface area contributed by atoms with E-state index < -0.39 is 0 Å². The largest absolute Gasteiger partial charge is 0.358 e. The van der Waals surface area contributed by atoms with Gasteiger partial charge >= 0.3 is 0 Å². The number of pyridine rings is 1. The van der Waals surface area contributed by atoms with Crippen LogP contribution in [0.4, 0.5) is 0 Å². The number of hydrogen-bond donors (Lipinski definition) is 3. The van der Waals surface area contributed by atoms with Crippen molar-refractivity contribution < 1.29 is 9.80 Å². The number of aryl methyl sites for hydroxylation is 3. The molecule has 0 spiro atoms. The highest BCUT2D eigenvalue weighted by Crippen LogP contribution is 2.20. The summed E-state index contributed by atoms with van der Waals surface area (Å²) in [5.41, 5.74) is 8.10. The Hall–Kier alpha value is -3.21. The van der Waals surface area contributed by atoms with Gasteiger partial charge in [0, 0.05) is 22.2 Å². The Balaban J connectivity index is 1.37. The van der Waals surface area contributed by atoms with Crippen molar-refractivity contribution in [2.24, 2.45) is 0 Å². The average Bonchev–Trinajstić information content (AvgIpc) is 2.86. The molecule has 1 aliphatic rings. The van der Waals surface area contributed by atoms with Gasteiger partial charge in [-0.2, -0.15) is 0 Å². The molecular weight excluding hydrogens is 418 g/mol. The van der Waals surface area contributed by atoms with Crippen LogP contribution in [0.1, 0.15) is 39.6 Å². The standard InChI is InChI=1S/C30H33N3O/c1-21-14-15-22(2)28-27(21)30(34)26(23(3)31-28)20-32-16-18-33(19-17-32)29(24-10-6-4-7-11-24)25-12-8-5-9-13-25/h4-15,29H,16-20H2,1-3H3,(H,31,34)/p+2. The Bertz CT molecular complexity index is 1300. The van der Waals surface area contributed by atoms with E-state index in [1.165, 1.54) is 16.0 Å². The van der Waals surface area contributed by atoms with Gasteiger partial charge in [0.05, 0.1) is 11.1 Å². The number of H-pyrrole nitrogens is 1. The first kappa shape index (κ1) is 22.6. The van der Waals surface area contributed by atoms with Crippen LogP contribution in [0.25, 0.3) is 10.9 Å². The first-order valence-corrected chi connectivity index (χ1v) is 12.4. The second-order valence-corrected chi connectivity index (χ2v) is 9.85. The molecule has 1 saturated heterocycles. The number of benzene rings is 3. The molecule has 0 aliphatic carbocycles. The maximum atomic E-state index is 13.5. The molecular formula is C30H35N3O+2.